The number of benzene rings is 1. The number of nitrogens with one attached hydrogen (secondary N) is 1. The number of hydrogen-bond donors (Lipinski definition) is 2. The van der Waals surface area contributed by atoms with Crippen molar-refractivity contribution >= 4 is 0 Å². The molecule has 1 unspecified atom stereocenters. The van der Waals surface area contributed by atoms with Gasteiger partial charge in [0.15, 0.2) is 11.6 Å². The molecule has 0 fully saturated rings. The van der Waals surface area contributed by atoms with Crippen LogP contribution in [0.4, 0.5) is 8.78 Å². The maximum atomic E-state index is 14.2. The summed E-state index contributed by atoms with van der Waals surface area (Å²) >= 11 is 0. The highest BCUT2D eigenvalue weighted by Crippen LogP contribution is 2.29. The van der Waals surface area contributed by atoms with Gasteiger partial charge >= 0.3 is 0 Å². The van der Waals surface area contributed by atoms with Gasteiger partial charge in [-0.15, -0.1) is 0 Å². The predicted octanol–water partition coefficient (Wildman–Crippen LogP) is 1.92. The van der Waals surface area contributed by atoms with Gasteiger partial charge in [-0.25, -0.2) is 14.2 Å². The van der Waals surface area contributed by atoms with Crippen molar-refractivity contribution in [3.05, 3.63) is 59.4 Å². The van der Waals surface area contributed by atoms with Gasteiger partial charge in [-0.3, -0.25) is 10.8 Å². The molecule has 0 aliphatic rings. The van der Waals surface area contributed by atoms with Crippen LogP contribution in [0.15, 0.2) is 36.7 Å². The minimum atomic E-state index is -0.821. The fraction of sp³-hybridized carbons (Fsp3) is 0.154. The normalized spacial score (nSPS) is 12.2. The molecule has 0 saturated carbocycles. The van der Waals surface area contributed by atoms with Gasteiger partial charge in [0.25, 0.3) is 0 Å². The first kappa shape index (κ1) is 13.4. The first-order chi connectivity index (χ1) is 9.19. The highest BCUT2D eigenvalue weighted by molar-refractivity contribution is 5.38. The number of pyridine rings is 1. The number of nitrogens with two attached hydrogens (primary N) is 1. The van der Waals surface area contributed by atoms with E-state index in [9.17, 15) is 8.78 Å². The quantitative estimate of drug-likeness (QED) is 0.655. The number of hydrazine groups is 1. The molecule has 1 aromatic carbocycles. The Morgan fingerprint density at radius 3 is 2.68 bits per heavy atom. The fourth-order valence-electron chi connectivity index (χ4n) is 1.88. The summed E-state index contributed by atoms with van der Waals surface area (Å²) in [6.07, 6.45) is 2.47. The molecule has 3 N–H and O–H groups in total. The Morgan fingerprint density at radius 1 is 1.26 bits per heavy atom. The van der Waals surface area contributed by atoms with Gasteiger partial charge < -0.3 is 4.74 Å². The van der Waals surface area contributed by atoms with Gasteiger partial charge in [0.1, 0.15) is 5.82 Å². The molecule has 0 radical (unpaired) electrons. The van der Waals surface area contributed by atoms with Crippen LogP contribution in [-0.2, 0) is 0 Å². The Bertz CT molecular complexity index is 578. The van der Waals surface area contributed by atoms with Crippen LogP contribution in [0, 0.1) is 11.6 Å². The minimum absolute atomic E-state index is 0.0761. The molecule has 1 heterocycles. The van der Waals surface area contributed by atoms with Crippen molar-refractivity contribution in [3.8, 4) is 5.75 Å². The number of methoxy groups -OCH3 is 1. The summed E-state index contributed by atoms with van der Waals surface area (Å²) < 4.78 is 32.8. The van der Waals surface area contributed by atoms with Crippen molar-refractivity contribution in [2.45, 2.75) is 6.04 Å². The monoisotopic (exact) mass is 265 g/mol. The van der Waals surface area contributed by atoms with E-state index < -0.39 is 17.7 Å². The molecule has 4 nitrogen and oxygen atoms in total. The van der Waals surface area contributed by atoms with Crippen molar-refractivity contribution in [1.82, 2.24) is 10.4 Å². The standard InChI is InChI=1S/C13H13F2N3O/c1-19-11-4-2-3-9(12(11)15)13(18-16)8-5-6-17-7-10(8)14/h2-7,13,18H,16H2,1H3. The Kier molecular flexibility index (Phi) is 4.03. The van der Waals surface area contributed by atoms with Crippen LogP contribution in [0.5, 0.6) is 5.75 Å². The molecule has 0 aliphatic heterocycles. The Morgan fingerprint density at radius 2 is 2.05 bits per heavy atom. The van der Waals surface area contributed by atoms with E-state index in [1.807, 2.05) is 0 Å². The third-order valence-electron chi connectivity index (χ3n) is 2.81. The molecule has 2 aromatic rings. The molecule has 1 atom stereocenters. The molecule has 19 heavy (non-hydrogen) atoms. The summed E-state index contributed by atoms with van der Waals surface area (Å²) in [5.74, 6) is 4.36. The maximum absolute atomic E-state index is 14.2. The lowest BCUT2D eigenvalue weighted by Gasteiger charge is -2.18. The topological polar surface area (TPSA) is 60.2 Å². The molecule has 100 valence electrons. The van der Waals surface area contributed by atoms with Crippen molar-refractivity contribution in [2.24, 2.45) is 5.84 Å². The van der Waals surface area contributed by atoms with Crippen molar-refractivity contribution in [3.63, 3.8) is 0 Å². The average molecular weight is 265 g/mol. The third-order valence-corrected chi connectivity index (χ3v) is 2.81. The lowest BCUT2D eigenvalue weighted by Crippen LogP contribution is -2.30. The van der Waals surface area contributed by atoms with Gasteiger partial charge in [0, 0.05) is 17.3 Å². The second-order valence-corrected chi connectivity index (χ2v) is 3.86. The van der Waals surface area contributed by atoms with Crippen molar-refractivity contribution < 1.29 is 13.5 Å². The summed E-state index contributed by atoms with van der Waals surface area (Å²) in [4.78, 5) is 3.65. The number of hydrogen-bond acceptors (Lipinski definition) is 4. The Balaban J connectivity index is 2.52. The highest BCUT2D eigenvalue weighted by atomic mass is 19.1. The Labute approximate surface area is 109 Å². The van der Waals surface area contributed by atoms with Gasteiger partial charge in [-0.05, 0) is 12.1 Å². The summed E-state index contributed by atoms with van der Waals surface area (Å²) in [7, 11) is 1.36. The van der Waals surface area contributed by atoms with Crippen LogP contribution in [0.25, 0.3) is 0 Å². The lowest BCUT2D eigenvalue weighted by atomic mass is 9.99. The second-order valence-electron chi connectivity index (χ2n) is 3.86. The molecule has 0 amide bonds. The molecule has 0 aliphatic carbocycles. The molecule has 2 rings (SSSR count). The van der Waals surface area contributed by atoms with E-state index in [2.05, 4.69) is 10.4 Å². The van der Waals surface area contributed by atoms with Crippen molar-refractivity contribution in [1.29, 1.82) is 0 Å². The van der Waals surface area contributed by atoms with E-state index in [0.29, 0.717) is 0 Å². The van der Waals surface area contributed by atoms with Crippen LogP contribution in [0.3, 0.4) is 0 Å². The zero-order valence-corrected chi connectivity index (χ0v) is 10.2. The number of nitrogens with zero attached hydrogens (tertiary/aromatic N) is 1. The van der Waals surface area contributed by atoms with Crippen molar-refractivity contribution in [2.75, 3.05) is 7.11 Å². The van der Waals surface area contributed by atoms with Gasteiger partial charge in [0.05, 0.1) is 19.3 Å². The number of halogens is 2. The second kappa shape index (κ2) is 5.73. The SMILES string of the molecule is COc1cccc(C(NN)c2ccncc2F)c1F. The molecule has 0 spiro atoms. The van der Waals surface area contributed by atoms with E-state index in [1.165, 1.54) is 31.5 Å². The number of rotatable bonds is 4. The van der Waals surface area contributed by atoms with E-state index in [0.717, 1.165) is 6.20 Å². The van der Waals surface area contributed by atoms with E-state index in [4.69, 9.17) is 10.6 Å². The van der Waals surface area contributed by atoms with Gasteiger partial charge in [0.2, 0.25) is 0 Å². The zero-order valence-electron chi connectivity index (χ0n) is 10.2. The summed E-state index contributed by atoms with van der Waals surface area (Å²) in [5, 5.41) is 0. The maximum Gasteiger partial charge on any atom is 0.170 e. The summed E-state index contributed by atoms with van der Waals surface area (Å²) in [5.41, 5.74) is 2.82. The van der Waals surface area contributed by atoms with Crippen LogP contribution in [0.2, 0.25) is 0 Å². The molecule has 0 saturated heterocycles. The van der Waals surface area contributed by atoms with Crippen LogP contribution in [-0.4, -0.2) is 12.1 Å². The average Bonchev–Trinajstić information content (AvgIpc) is 2.43. The summed E-state index contributed by atoms with van der Waals surface area (Å²) in [6, 6.07) is 5.23. The summed E-state index contributed by atoms with van der Waals surface area (Å²) in [6.45, 7) is 0. The molecular formula is C13H13F2N3O. The fourth-order valence-corrected chi connectivity index (χ4v) is 1.88. The highest BCUT2D eigenvalue weighted by Gasteiger charge is 2.21. The van der Waals surface area contributed by atoms with E-state index >= 15 is 0 Å². The molecule has 1 aromatic heterocycles. The molecule has 6 heteroatoms. The first-order valence-corrected chi connectivity index (χ1v) is 5.57. The van der Waals surface area contributed by atoms with E-state index in [-0.39, 0.29) is 16.9 Å². The van der Waals surface area contributed by atoms with Gasteiger partial charge in [-0.2, -0.15) is 0 Å². The van der Waals surface area contributed by atoms with E-state index in [1.54, 1.807) is 6.07 Å². The number of aromatic nitrogens is 1. The van der Waals surface area contributed by atoms with Crippen LogP contribution in [0.1, 0.15) is 17.2 Å². The van der Waals surface area contributed by atoms with Crippen LogP contribution < -0.4 is 16.0 Å². The van der Waals surface area contributed by atoms with Gasteiger partial charge in [-0.1, -0.05) is 12.1 Å². The Hall–Kier alpha value is -2.05. The first-order valence-electron chi connectivity index (χ1n) is 5.57. The third kappa shape index (κ3) is 2.54. The molecule has 0 bridgehead atoms. The minimum Gasteiger partial charge on any atom is -0.494 e. The van der Waals surface area contributed by atoms with Crippen LogP contribution >= 0.6 is 0 Å². The smallest absolute Gasteiger partial charge is 0.170 e. The predicted molar refractivity (Wildman–Crippen MR) is 66.3 cm³/mol. The largest absolute Gasteiger partial charge is 0.494 e. The lowest BCUT2D eigenvalue weighted by molar-refractivity contribution is 0.381. The number of ether oxygens (including phenoxy) is 1. The molecular weight excluding hydrogens is 252 g/mol. The zero-order chi connectivity index (χ0) is 13.8.